The standard InChI is InChI=1S/C14H20O2S/c1-5-14(3,4)11-12(2)17(15,16)13-9-7-6-8-10-13/h6-10H,2,5,11H2,1,3-4H3. The Kier molecular flexibility index (Phi) is 4.15. The fourth-order valence-corrected chi connectivity index (χ4v) is 2.95. The molecule has 0 atom stereocenters. The van der Waals surface area contributed by atoms with Crippen molar-refractivity contribution >= 4 is 9.84 Å². The van der Waals surface area contributed by atoms with Crippen molar-refractivity contribution in [1.29, 1.82) is 0 Å². The molecule has 2 nitrogen and oxygen atoms in total. The minimum atomic E-state index is -3.38. The SMILES string of the molecule is C=C(CC(C)(C)CC)S(=O)(=O)c1ccccc1. The summed E-state index contributed by atoms with van der Waals surface area (Å²) in [6, 6.07) is 8.48. The highest BCUT2D eigenvalue weighted by Gasteiger charge is 2.25. The Balaban J connectivity index is 2.98. The van der Waals surface area contributed by atoms with Crippen LogP contribution in [-0.4, -0.2) is 8.42 Å². The second-order valence-corrected chi connectivity index (χ2v) is 7.11. The zero-order chi connectivity index (χ0) is 13.1. The maximum Gasteiger partial charge on any atom is 0.202 e. The third-order valence-corrected chi connectivity index (χ3v) is 4.86. The number of allylic oxidation sites excluding steroid dienone is 1. The lowest BCUT2D eigenvalue weighted by atomic mass is 9.87. The van der Waals surface area contributed by atoms with E-state index in [4.69, 9.17) is 0 Å². The van der Waals surface area contributed by atoms with Crippen LogP contribution in [0.15, 0.2) is 46.7 Å². The van der Waals surface area contributed by atoms with Gasteiger partial charge in [0.2, 0.25) is 9.84 Å². The van der Waals surface area contributed by atoms with E-state index in [2.05, 4.69) is 27.4 Å². The first kappa shape index (κ1) is 14.0. The number of rotatable bonds is 5. The second-order valence-electron chi connectivity index (χ2n) is 5.05. The smallest absolute Gasteiger partial charge is 0.202 e. The normalized spacial score (nSPS) is 12.4. The molecule has 17 heavy (non-hydrogen) atoms. The van der Waals surface area contributed by atoms with Gasteiger partial charge in [0.15, 0.2) is 0 Å². The zero-order valence-electron chi connectivity index (χ0n) is 10.7. The molecule has 0 aliphatic heterocycles. The summed E-state index contributed by atoms with van der Waals surface area (Å²) < 4.78 is 24.5. The van der Waals surface area contributed by atoms with E-state index in [0.29, 0.717) is 16.2 Å². The third kappa shape index (κ3) is 3.43. The van der Waals surface area contributed by atoms with E-state index in [1.54, 1.807) is 30.3 Å². The average Bonchev–Trinajstić information content (AvgIpc) is 2.29. The molecule has 0 unspecified atom stereocenters. The summed E-state index contributed by atoms with van der Waals surface area (Å²) >= 11 is 0. The van der Waals surface area contributed by atoms with Gasteiger partial charge in [-0.15, -0.1) is 0 Å². The van der Waals surface area contributed by atoms with Crippen molar-refractivity contribution < 1.29 is 8.42 Å². The van der Waals surface area contributed by atoms with E-state index in [0.717, 1.165) is 6.42 Å². The predicted molar refractivity (Wildman–Crippen MR) is 71.5 cm³/mol. The van der Waals surface area contributed by atoms with Crippen LogP contribution in [0.4, 0.5) is 0 Å². The van der Waals surface area contributed by atoms with Gasteiger partial charge in [-0.1, -0.05) is 52.0 Å². The zero-order valence-corrected chi connectivity index (χ0v) is 11.5. The first-order valence-corrected chi connectivity index (χ1v) is 7.26. The van der Waals surface area contributed by atoms with Crippen LogP contribution in [0.5, 0.6) is 0 Å². The molecule has 0 amide bonds. The van der Waals surface area contributed by atoms with Crippen molar-refractivity contribution in [3.8, 4) is 0 Å². The van der Waals surface area contributed by atoms with Crippen molar-refractivity contribution in [2.45, 2.75) is 38.5 Å². The van der Waals surface area contributed by atoms with Gasteiger partial charge in [0.25, 0.3) is 0 Å². The van der Waals surface area contributed by atoms with Gasteiger partial charge in [0.1, 0.15) is 0 Å². The lowest BCUT2D eigenvalue weighted by Crippen LogP contribution is -2.15. The molecule has 0 aromatic heterocycles. The Morgan fingerprint density at radius 2 is 1.76 bits per heavy atom. The summed E-state index contributed by atoms with van der Waals surface area (Å²) in [6.07, 6.45) is 1.43. The van der Waals surface area contributed by atoms with E-state index < -0.39 is 9.84 Å². The molecule has 1 aromatic carbocycles. The molecular weight excluding hydrogens is 232 g/mol. The van der Waals surface area contributed by atoms with Crippen LogP contribution in [0.3, 0.4) is 0 Å². The van der Waals surface area contributed by atoms with Crippen molar-refractivity contribution in [2.24, 2.45) is 5.41 Å². The third-order valence-electron chi connectivity index (χ3n) is 3.07. The lowest BCUT2D eigenvalue weighted by molar-refractivity contribution is 0.353. The highest BCUT2D eigenvalue weighted by Crippen LogP contribution is 2.32. The molecule has 0 spiro atoms. The molecule has 1 rings (SSSR count). The molecule has 0 heterocycles. The molecule has 1 aromatic rings. The van der Waals surface area contributed by atoms with Crippen LogP contribution in [0.2, 0.25) is 0 Å². The van der Waals surface area contributed by atoms with Crippen LogP contribution >= 0.6 is 0 Å². The van der Waals surface area contributed by atoms with Gasteiger partial charge in [0, 0.05) is 4.91 Å². The Labute approximate surface area is 104 Å². The Hall–Kier alpha value is -1.09. The van der Waals surface area contributed by atoms with Gasteiger partial charge < -0.3 is 0 Å². The number of hydrogen-bond donors (Lipinski definition) is 0. The molecule has 0 aliphatic carbocycles. The molecule has 0 N–H and O–H groups in total. The van der Waals surface area contributed by atoms with E-state index in [1.165, 1.54) is 0 Å². The van der Waals surface area contributed by atoms with Crippen molar-refractivity contribution in [2.75, 3.05) is 0 Å². The van der Waals surface area contributed by atoms with Gasteiger partial charge in [0.05, 0.1) is 4.90 Å². The molecular formula is C14H20O2S. The molecule has 0 fully saturated rings. The molecule has 0 radical (unpaired) electrons. The Morgan fingerprint density at radius 1 is 1.24 bits per heavy atom. The number of hydrogen-bond acceptors (Lipinski definition) is 2. The minimum Gasteiger partial charge on any atom is -0.219 e. The van der Waals surface area contributed by atoms with Gasteiger partial charge >= 0.3 is 0 Å². The van der Waals surface area contributed by atoms with E-state index in [9.17, 15) is 8.42 Å². The van der Waals surface area contributed by atoms with Crippen LogP contribution in [0.25, 0.3) is 0 Å². The van der Waals surface area contributed by atoms with Crippen molar-refractivity contribution in [3.05, 3.63) is 41.8 Å². The van der Waals surface area contributed by atoms with Crippen molar-refractivity contribution in [1.82, 2.24) is 0 Å². The van der Waals surface area contributed by atoms with Crippen LogP contribution in [0, 0.1) is 5.41 Å². The fraction of sp³-hybridized carbons (Fsp3) is 0.429. The van der Waals surface area contributed by atoms with Gasteiger partial charge in [-0.25, -0.2) is 8.42 Å². The van der Waals surface area contributed by atoms with Crippen LogP contribution in [0.1, 0.15) is 33.6 Å². The monoisotopic (exact) mass is 252 g/mol. The van der Waals surface area contributed by atoms with Crippen LogP contribution < -0.4 is 0 Å². The topological polar surface area (TPSA) is 34.1 Å². The summed E-state index contributed by atoms with van der Waals surface area (Å²) in [4.78, 5) is 0.632. The lowest BCUT2D eigenvalue weighted by Gasteiger charge is -2.23. The first-order chi connectivity index (χ1) is 7.79. The van der Waals surface area contributed by atoms with Gasteiger partial charge in [-0.05, 0) is 24.0 Å². The Bertz CT molecular complexity index is 484. The Morgan fingerprint density at radius 3 is 2.24 bits per heavy atom. The summed E-state index contributed by atoms with van der Waals surface area (Å²) in [6.45, 7) is 9.91. The molecule has 0 bridgehead atoms. The summed E-state index contributed by atoms with van der Waals surface area (Å²) in [5, 5.41) is 0. The highest BCUT2D eigenvalue weighted by atomic mass is 32.2. The molecule has 3 heteroatoms. The summed E-state index contributed by atoms with van der Waals surface area (Å²) in [5.41, 5.74) is -0.0288. The summed E-state index contributed by atoms with van der Waals surface area (Å²) in [7, 11) is -3.38. The van der Waals surface area contributed by atoms with E-state index in [1.807, 2.05) is 0 Å². The van der Waals surface area contributed by atoms with Crippen LogP contribution in [-0.2, 0) is 9.84 Å². The molecule has 0 saturated heterocycles. The largest absolute Gasteiger partial charge is 0.219 e. The second kappa shape index (κ2) is 5.05. The summed E-state index contributed by atoms with van der Waals surface area (Å²) in [5.74, 6) is 0. The number of benzene rings is 1. The maximum atomic E-state index is 12.2. The van der Waals surface area contributed by atoms with E-state index in [-0.39, 0.29) is 5.41 Å². The predicted octanol–water partition coefficient (Wildman–Crippen LogP) is 3.80. The maximum absolute atomic E-state index is 12.2. The number of sulfone groups is 1. The van der Waals surface area contributed by atoms with Gasteiger partial charge in [-0.3, -0.25) is 0 Å². The molecule has 94 valence electrons. The van der Waals surface area contributed by atoms with Gasteiger partial charge in [-0.2, -0.15) is 0 Å². The molecule has 0 saturated carbocycles. The average molecular weight is 252 g/mol. The minimum absolute atomic E-state index is 0.0288. The quantitative estimate of drug-likeness (QED) is 0.798. The highest BCUT2D eigenvalue weighted by molar-refractivity contribution is 7.95. The molecule has 0 aliphatic rings. The van der Waals surface area contributed by atoms with Crippen molar-refractivity contribution in [3.63, 3.8) is 0 Å². The first-order valence-electron chi connectivity index (χ1n) is 5.77. The van der Waals surface area contributed by atoms with E-state index >= 15 is 0 Å². The fourth-order valence-electron chi connectivity index (χ4n) is 1.52.